The Morgan fingerprint density at radius 3 is 2.90 bits per heavy atom. The van der Waals surface area contributed by atoms with Gasteiger partial charge in [0.1, 0.15) is 0 Å². The van der Waals surface area contributed by atoms with Gasteiger partial charge in [-0.3, -0.25) is 0 Å². The molecule has 1 saturated heterocycles. The summed E-state index contributed by atoms with van der Waals surface area (Å²) in [6.07, 6.45) is 4.18. The van der Waals surface area contributed by atoms with Crippen molar-refractivity contribution >= 4 is 6.09 Å². The molecule has 0 aliphatic carbocycles. The Labute approximate surface area is 132 Å². The molecule has 120 valence electrons. The number of nitrogens with zero attached hydrogens (tertiary/aromatic N) is 1. The van der Waals surface area contributed by atoms with Crippen LogP contribution in [0.1, 0.15) is 32.6 Å². The van der Waals surface area contributed by atoms with E-state index >= 15 is 0 Å². The molecule has 7 heteroatoms. The molecular weight excluding hydrogens is 373 g/mol. The minimum atomic E-state index is -0.464. The van der Waals surface area contributed by atoms with Gasteiger partial charge in [-0.05, 0) is 0 Å². The van der Waals surface area contributed by atoms with Crippen LogP contribution in [0.25, 0.3) is 0 Å². The van der Waals surface area contributed by atoms with Crippen molar-refractivity contribution in [3.63, 3.8) is 0 Å². The molecule has 1 fully saturated rings. The van der Waals surface area contributed by atoms with Gasteiger partial charge in [-0.25, -0.2) is 0 Å². The van der Waals surface area contributed by atoms with Gasteiger partial charge in [0, 0.05) is 0 Å². The summed E-state index contributed by atoms with van der Waals surface area (Å²) >= 11 is -0.464. The number of rotatable bonds is 8. The average molecular weight is 400 g/mol. The Morgan fingerprint density at radius 1 is 1.45 bits per heavy atom. The fraction of sp³-hybridized carbons (Fsp3) is 0.923. The van der Waals surface area contributed by atoms with Crippen LogP contribution in [-0.2, 0) is 7.80 Å². The normalized spacial score (nSPS) is 23.8. The van der Waals surface area contributed by atoms with Gasteiger partial charge in [-0.15, -0.1) is 0 Å². The van der Waals surface area contributed by atoms with E-state index in [2.05, 4.69) is 22.7 Å². The number of carbonyl (C=O) groups excluding carboxylic acids is 1. The SMILES string of the molecule is CCCCC[I-]OC(=O)N[C@@H]1CCN(NC)C[C@H]1OC. The molecule has 1 aliphatic heterocycles. The first-order valence-electron chi connectivity index (χ1n) is 7.23. The van der Waals surface area contributed by atoms with Crippen molar-refractivity contribution in [3.05, 3.63) is 0 Å². The van der Waals surface area contributed by atoms with E-state index in [4.69, 9.17) is 7.80 Å². The summed E-state index contributed by atoms with van der Waals surface area (Å²) < 4.78 is 11.8. The fourth-order valence-electron chi connectivity index (χ4n) is 2.18. The molecule has 6 nitrogen and oxygen atoms in total. The van der Waals surface area contributed by atoms with Crippen molar-refractivity contribution in [2.45, 2.75) is 44.8 Å². The summed E-state index contributed by atoms with van der Waals surface area (Å²) in [6.45, 7) is 3.84. The Hall–Kier alpha value is -0.120. The van der Waals surface area contributed by atoms with Crippen LogP contribution in [0.5, 0.6) is 0 Å². The van der Waals surface area contributed by atoms with Crippen LogP contribution < -0.4 is 32.4 Å². The number of ether oxygens (including phenoxy) is 1. The first-order chi connectivity index (χ1) is 9.71. The van der Waals surface area contributed by atoms with E-state index in [9.17, 15) is 4.79 Å². The number of hydrogen-bond acceptors (Lipinski definition) is 5. The molecule has 1 amide bonds. The number of amides is 1. The molecule has 0 unspecified atom stereocenters. The van der Waals surface area contributed by atoms with Gasteiger partial charge < -0.3 is 0 Å². The summed E-state index contributed by atoms with van der Waals surface area (Å²) in [5, 5.41) is 5.03. The van der Waals surface area contributed by atoms with E-state index in [1.807, 2.05) is 7.05 Å². The van der Waals surface area contributed by atoms with Crippen LogP contribution in [-0.4, -0.2) is 54.9 Å². The predicted molar refractivity (Wildman–Crippen MR) is 73.8 cm³/mol. The predicted octanol–water partition coefficient (Wildman–Crippen LogP) is -1.87. The molecule has 1 heterocycles. The van der Waals surface area contributed by atoms with Gasteiger partial charge in [-0.1, -0.05) is 0 Å². The third-order valence-corrected chi connectivity index (χ3v) is 5.33. The molecule has 1 rings (SSSR count). The summed E-state index contributed by atoms with van der Waals surface area (Å²) in [5.41, 5.74) is 3.11. The zero-order valence-electron chi connectivity index (χ0n) is 12.7. The van der Waals surface area contributed by atoms with Gasteiger partial charge in [0.25, 0.3) is 0 Å². The van der Waals surface area contributed by atoms with Crippen molar-refractivity contribution in [2.75, 3.05) is 31.7 Å². The van der Waals surface area contributed by atoms with Crippen LogP contribution in [0.15, 0.2) is 0 Å². The number of piperidine rings is 1. The second-order valence-electron chi connectivity index (χ2n) is 4.85. The van der Waals surface area contributed by atoms with E-state index < -0.39 is 21.6 Å². The van der Waals surface area contributed by atoms with Gasteiger partial charge in [0.15, 0.2) is 0 Å². The fourth-order valence-corrected chi connectivity index (χ4v) is 3.67. The van der Waals surface area contributed by atoms with Crippen molar-refractivity contribution in [3.8, 4) is 0 Å². The first kappa shape index (κ1) is 17.9. The Balaban J connectivity index is 2.23. The second kappa shape index (κ2) is 10.6. The van der Waals surface area contributed by atoms with E-state index in [-0.39, 0.29) is 18.2 Å². The van der Waals surface area contributed by atoms with E-state index in [1.54, 1.807) is 7.11 Å². The Kier molecular flexibility index (Phi) is 9.49. The second-order valence-corrected chi connectivity index (χ2v) is 7.00. The molecular formula is C13H27IN3O3-. The molecule has 0 aromatic carbocycles. The maximum absolute atomic E-state index is 11.8. The number of hydrazine groups is 1. The van der Waals surface area contributed by atoms with Crippen molar-refractivity contribution in [1.82, 2.24) is 15.8 Å². The first-order valence-corrected chi connectivity index (χ1v) is 9.63. The minimum absolute atomic E-state index is 0.00189. The molecule has 1 aliphatic rings. The van der Waals surface area contributed by atoms with Crippen LogP contribution in [0.2, 0.25) is 0 Å². The van der Waals surface area contributed by atoms with Crippen LogP contribution >= 0.6 is 0 Å². The van der Waals surface area contributed by atoms with E-state index in [0.29, 0.717) is 0 Å². The number of alkyl halides is 1. The molecule has 0 aromatic heterocycles. The Morgan fingerprint density at radius 2 is 2.25 bits per heavy atom. The standard InChI is InChI=1S/C13H27IN3O3/c1-4-5-6-8-14-20-13(18)16-11-7-9-17(15-2)10-12(11)19-3/h11-12,15H,4-10H2,1-3H3,(H,16,18)/q-1/t11-,12-/m1/s1. The number of halogens is 1. The third-order valence-electron chi connectivity index (χ3n) is 3.42. The van der Waals surface area contributed by atoms with Crippen LogP contribution in [0.4, 0.5) is 4.79 Å². The quantitative estimate of drug-likeness (QED) is 0.284. The molecule has 20 heavy (non-hydrogen) atoms. The number of hydrogen-bond donors (Lipinski definition) is 2. The molecule has 0 aromatic rings. The number of methoxy groups -OCH3 is 1. The van der Waals surface area contributed by atoms with Crippen LogP contribution in [0.3, 0.4) is 0 Å². The molecule has 0 saturated carbocycles. The Bertz CT molecular complexity index is 282. The zero-order chi connectivity index (χ0) is 14.8. The monoisotopic (exact) mass is 400 g/mol. The maximum atomic E-state index is 11.8. The van der Waals surface area contributed by atoms with E-state index in [0.717, 1.165) is 30.4 Å². The summed E-state index contributed by atoms with van der Waals surface area (Å²) in [6, 6.07) is 0.0387. The molecule has 0 radical (unpaired) electrons. The van der Waals surface area contributed by atoms with Crippen molar-refractivity contribution in [2.24, 2.45) is 0 Å². The van der Waals surface area contributed by atoms with Crippen molar-refractivity contribution < 1.29 is 34.2 Å². The molecule has 0 spiro atoms. The third kappa shape index (κ3) is 6.55. The summed E-state index contributed by atoms with van der Waals surface area (Å²) in [4.78, 5) is 11.8. The molecule has 0 bridgehead atoms. The molecule has 2 N–H and O–H groups in total. The number of nitrogens with one attached hydrogen (secondary N) is 2. The number of carbonyl (C=O) groups is 1. The topological polar surface area (TPSA) is 62.8 Å². The van der Waals surface area contributed by atoms with Crippen LogP contribution in [0, 0.1) is 0 Å². The average Bonchev–Trinajstić information content (AvgIpc) is 2.47. The van der Waals surface area contributed by atoms with Gasteiger partial charge >= 0.3 is 132 Å². The van der Waals surface area contributed by atoms with Crippen molar-refractivity contribution in [1.29, 1.82) is 0 Å². The summed E-state index contributed by atoms with van der Waals surface area (Å²) in [7, 11) is 3.58. The van der Waals surface area contributed by atoms with Gasteiger partial charge in [0.05, 0.1) is 0 Å². The number of unbranched alkanes of at least 4 members (excludes halogenated alkanes) is 2. The summed E-state index contributed by atoms with van der Waals surface area (Å²) in [5.74, 6) is 0. The van der Waals surface area contributed by atoms with Gasteiger partial charge in [-0.2, -0.15) is 0 Å². The van der Waals surface area contributed by atoms with Gasteiger partial charge in [0.2, 0.25) is 0 Å². The zero-order valence-corrected chi connectivity index (χ0v) is 14.8. The molecule has 2 atom stereocenters. The van der Waals surface area contributed by atoms with E-state index in [1.165, 1.54) is 12.8 Å².